The summed E-state index contributed by atoms with van der Waals surface area (Å²) in [6, 6.07) is 9.35. The number of nitrogens with one attached hydrogen (secondary N) is 1. The van der Waals surface area contributed by atoms with Crippen LogP contribution in [0.1, 0.15) is 34.8 Å². The first-order chi connectivity index (χ1) is 9.26. The molecule has 0 saturated heterocycles. The molecule has 1 atom stereocenters. The van der Waals surface area contributed by atoms with Crippen LogP contribution in [0.5, 0.6) is 0 Å². The minimum absolute atomic E-state index is 0.292. The van der Waals surface area contributed by atoms with Crippen LogP contribution in [0.15, 0.2) is 30.5 Å². The maximum atomic E-state index is 4.50. The minimum Gasteiger partial charge on any atom is -0.311 e. The summed E-state index contributed by atoms with van der Waals surface area (Å²) < 4.78 is 1.86. The molecule has 1 N–H and O–H groups in total. The van der Waals surface area contributed by atoms with Crippen LogP contribution in [0.25, 0.3) is 0 Å². The zero-order valence-electron chi connectivity index (χ0n) is 11.7. The Bertz CT molecular complexity index is 571. The molecule has 3 rings (SSSR count). The van der Waals surface area contributed by atoms with Crippen LogP contribution in [0.2, 0.25) is 0 Å². The molecule has 1 aliphatic rings. The average Bonchev–Trinajstić information content (AvgIpc) is 3.04. The van der Waals surface area contributed by atoms with Crippen molar-refractivity contribution in [3.63, 3.8) is 0 Å². The average molecular weight is 255 g/mol. The molecule has 3 nitrogen and oxygen atoms in total. The van der Waals surface area contributed by atoms with Crippen LogP contribution in [0.4, 0.5) is 0 Å². The van der Waals surface area contributed by atoms with Gasteiger partial charge in [0.05, 0.1) is 11.7 Å². The Labute approximate surface area is 114 Å². The topological polar surface area (TPSA) is 29.9 Å². The van der Waals surface area contributed by atoms with E-state index < -0.39 is 0 Å². The van der Waals surface area contributed by atoms with Gasteiger partial charge in [-0.15, -0.1) is 0 Å². The van der Waals surface area contributed by atoms with Crippen LogP contribution < -0.4 is 5.32 Å². The van der Waals surface area contributed by atoms with Gasteiger partial charge in [0.2, 0.25) is 0 Å². The number of fused-ring (bicyclic) bond motifs is 1. The molecule has 0 amide bonds. The van der Waals surface area contributed by atoms with Gasteiger partial charge in [-0.25, -0.2) is 0 Å². The summed E-state index contributed by atoms with van der Waals surface area (Å²) in [5, 5.41) is 7.88. The molecule has 1 aromatic heterocycles. The van der Waals surface area contributed by atoms with E-state index in [1.807, 2.05) is 25.0 Å². The quantitative estimate of drug-likeness (QED) is 0.909. The maximum Gasteiger partial charge on any atom is 0.0797 e. The lowest BCUT2D eigenvalue weighted by Gasteiger charge is -2.14. The van der Waals surface area contributed by atoms with Crippen molar-refractivity contribution in [2.75, 3.05) is 7.05 Å². The van der Waals surface area contributed by atoms with Crippen LogP contribution in [0.3, 0.4) is 0 Å². The fourth-order valence-electron chi connectivity index (χ4n) is 2.96. The predicted molar refractivity (Wildman–Crippen MR) is 77.2 cm³/mol. The van der Waals surface area contributed by atoms with Gasteiger partial charge in [-0.1, -0.05) is 18.2 Å². The molecule has 2 aromatic rings. The SMILES string of the molecule is CNC(Cc1ccc2c(c1)CCC2)c1ccn(C)n1. The molecule has 1 aromatic carbocycles. The van der Waals surface area contributed by atoms with E-state index in [2.05, 4.69) is 34.7 Å². The Morgan fingerprint density at radius 1 is 1.26 bits per heavy atom. The summed E-state index contributed by atoms with van der Waals surface area (Å²) in [6.45, 7) is 0. The third-order valence-electron chi connectivity index (χ3n) is 4.04. The molecule has 0 fully saturated rings. The van der Waals surface area contributed by atoms with Crippen molar-refractivity contribution < 1.29 is 0 Å². The first kappa shape index (κ1) is 12.4. The van der Waals surface area contributed by atoms with E-state index >= 15 is 0 Å². The predicted octanol–water partition coefficient (Wildman–Crippen LogP) is 2.41. The zero-order chi connectivity index (χ0) is 13.2. The van der Waals surface area contributed by atoms with Gasteiger partial charge in [-0.3, -0.25) is 4.68 Å². The second kappa shape index (κ2) is 5.17. The van der Waals surface area contributed by atoms with Gasteiger partial charge in [0.1, 0.15) is 0 Å². The summed E-state index contributed by atoms with van der Waals surface area (Å²) in [5.74, 6) is 0. The second-order valence-electron chi connectivity index (χ2n) is 5.42. The molecule has 1 heterocycles. The number of benzene rings is 1. The molecule has 0 spiro atoms. The van der Waals surface area contributed by atoms with Crippen molar-refractivity contribution >= 4 is 0 Å². The largest absolute Gasteiger partial charge is 0.311 e. The normalized spacial score (nSPS) is 15.5. The number of rotatable bonds is 4. The third kappa shape index (κ3) is 2.56. The maximum absolute atomic E-state index is 4.50. The van der Waals surface area contributed by atoms with E-state index in [0.717, 1.165) is 12.1 Å². The molecular weight excluding hydrogens is 234 g/mol. The van der Waals surface area contributed by atoms with Crippen molar-refractivity contribution in [2.45, 2.75) is 31.7 Å². The first-order valence-corrected chi connectivity index (χ1v) is 7.04. The monoisotopic (exact) mass is 255 g/mol. The lowest BCUT2D eigenvalue weighted by atomic mass is 9.99. The van der Waals surface area contributed by atoms with Crippen LogP contribution >= 0.6 is 0 Å². The molecule has 0 radical (unpaired) electrons. The van der Waals surface area contributed by atoms with Gasteiger partial charge in [0.15, 0.2) is 0 Å². The molecule has 1 aliphatic carbocycles. The highest BCUT2D eigenvalue weighted by Gasteiger charge is 2.15. The molecule has 100 valence electrons. The standard InChI is InChI=1S/C16H21N3/c1-17-16(15-8-9-19(2)18-15)11-12-6-7-13-4-3-5-14(13)10-12/h6-10,16-17H,3-5,11H2,1-2H3. The van der Waals surface area contributed by atoms with Crippen molar-refractivity contribution in [3.05, 3.63) is 52.8 Å². The summed E-state index contributed by atoms with van der Waals surface area (Å²) in [6.07, 6.45) is 6.82. The van der Waals surface area contributed by atoms with Crippen molar-refractivity contribution in [1.29, 1.82) is 0 Å². The van der Waals surface area contributed by atoms with Crippen molar-refractivity contribution in [3.8, 4) is 0 Å². The summed E-state index contributed by atoms with van der Waals surface area (Å²) >= 11 is 0. The second-order valence-corrected chi connectivity index (χ2v) is 5.42. The Morgan fingerprint density at radius 3 is 2.84 bits per heavy atom. The number of aryl methyl sites for hydroxylation is 3. The molecule has 3 heteroatoms. The van der Waals surface area contributed by atoms with E-state index in [0.29, 0.717) is 6.04 Å². The molecular formula is C16H21N3. The lowest BCUT2D eigenvalue weighted by Crippen LogP contribution is -2.19. The summed E-state index contributed by atoms with van der Waals surface area (Å²) in [7, 11) is 3.97. The van der Waals surface area contributed by atoms with Crippen molar-refractivity contribution in [2.24, 2.45) is 7.05 Å². The molecule has 0 aliphatic heterocycles. The van der Waals surface area contributed by atoms with Crippen LogP contribution in [-0.2, 0) is 26.3 Å². The van der Waals surface area contributed by atoms with E-state index in [9.17, 15) is 0 Å². The fraction of sp³-hybridized carbons (Fsp3) is 0.438. The van der Waals surface area contributed by atoms with E-state index in [-0.39, 0.29) is 0 Å². The van der Waals surface area contributed by atoms with Crippen LogP contribution in [-0.4, -0.2) is 16.8 Å². The van der Waals surface area contributed by atoms with Gasteiger partial charge in [0, 0.05) is 13.2 Å². The molecule has 0 bridgehead atoms. The number of likely N-dealkylation sites (N-methyl/N-ethyl adjacent to an activating group) is 1. The van der Waals surface area contributed by atoms with E-state index in [4.69, 9.17) is 0 Å². The molecule has 0 saturated carbocycles. The molecule has 19 heavy (non-hydrogen) atoms. The number of aromatic nitrogens is 2. The highest BCUT2D eigenvalue weighted by molar-refractivity contribution is 5.35. The van der Waals surface area contributed by atoms with Gasteiger partial charge in [0.25, 0.3) is 0 Å². The molecule has 1 unspecified atom stereocenters. The van der Waals surface area contributed by atoms with E-state index in [1.165, 1.54) is 24.8 Å². The Morgan fingerprint density at radius 2 is 2.11 bits per heavy atom. The van der Waals surface area contributed by atoms with E-state index in [1.54, 1.807) is 11.1 Å². The number of hydrogen-bond acceptors (Lipinski definition) is 2. The van der Waals surface area contributed by atoms with Gasteiger partial charge >= 0.3 is 0 Å². The fourth-order valence-corrected chi connectivity index (χ4v) is 2.96. The van der Waals surface area contributed by atoms with Crippen LogP contribution in [0, 0.1) is 0 Å². The smallest absolute Gasteiger partial charge is 0.0797 e. The minimum atomic E-state index is 0.292. The Balaban J connectivity index is 1.79. The number of hydrogen-bond donors (Lipinski definition) is 1. The third-order valence-corrected chi connectivity index (χ3v) is 4.04. The lowest BCUT2D eigenvalue weighted by molar-refractivity contribution is 0.562. The highest BCUT2D eigenvalue weighted by atomic mass is 15.3. The zero-order valence-corrected chi connectivity index (χ0v) is 11.7. The van der Waals surface area contributed by atoms with Gasteiger partial charge < -0.3 is 5.32 Å². The van der Waals surface area contributed by atoms with Gasteiger partial charge in [-0.2, -0.15) is 5.10 Å². The van der Waals surface area contributed by atoms with Crippen molar-refractivity contribution in [1.82, 2.24) is 15.1 Å². The highest BCUT2D eigenvalue weighted by Crippen LogP contribution is 2.25. The first-order valence-electron chi connectivity index (χ1n) is 7.04. The van der Waals surface area contributed by atoms with Gasteiger partial charge in [-0.05, 0) is 55.5 Å². The summed E-state index contributed by atoms with van der Waals surface area (Å²) in [4.78, 5) is 0. The Hall–Kier alpha value is -1.61. The summed E-state index contributed by atoms with van der Waals surface area (Å²) in [5.41, 5.74) is 5.62. The Kier molecular flexibility index (Phi) is 3.38. The number of nitrogens with zero attached hydrogens (tertiary/aromatic N) is 2.